The number of benzene rings is 1. The summed E-state index contributed by atoms with van der Waals surface area (Å²) in [4.78, 5) is 18.0. The molecular weight excluding hydrogens is 334 g/mol. The number of carbonyl (C=O) groups is 1. The molecule has 4 nitrogen and oxygen atoms in total. The summed E-state index contributed by atoms with van der Waals surface area (Å²) in [7, 11) is 0. The quantitative estimate of drug-likeness (QED) is 0.805. The molecule has 27 heavy (non-hydrogen) atoms. The molecule has 0 bridgehead atoms. The number of nitrogens with zero attached hydrogens (tertiary/aromatic N) is 3. The molecule has 0 radical (unpaired) electrons. The van der Waals surface area contributed by atoms with Crippen LogP contribution in [-0.4, -0.2) is 52.5 Å². The number of rotatable bonds is 5. The lowest BCUT2D eigenvalue weighted by molar-refractivity contribution is 0.0708. The Balaban J connectivity index is 1.52. The zero-order chi connectivity index (χ0) is 18.8. The van der Waals surface area contributed by atoms with Crippen molar-refractivity contribution >= 4 is 5.91 Å². The summed E-state index contributed by atoms with van der Waals surface area (Å²) in [5.41, 5.74) is 4.41. The van der Waals surface area contributed by atoms with Gasteiger partial charge in [0.2, 0.25) is 0 Å². The SMILES string of the molecule is Cc1cc(C(=O)N2CCCC2CN2CCCC2)c(C)n1Cc1ccccc1. The van der Waals surface area contributed by atoms with E-state index in [1.165, 1.54) is 31.5 Å². The number of hydrogen-bond acceptors (Lipinski definition) is 2. The zero-order valence-corrected chi connectivity index (χ0v) is 16.7. The minimum absolute atomic E-state index is 0.226. The van der Waals surface area contributed by atoms with Crippen molar-refractivity contribution in [1.29, 1.82) is 0 Å². The largest absolute Gasteiger partial charge is 0.344 e. The minimum Gasteiger partial charge on any atom is -0.344 e. The molecule has 1 aromatic carbocycles. The molecule has 0 aliphatic carbocycles. The van der Waals surface area contributed by atoms with E-state index >= 15 is 0 Å². The Morgan fingerprint density at radius 3 is 2.52 bits per heavy atom. The summed E-state index contributed by atoms with van der Waals surface area (Å²) < 4.78 is 2.27. The van der Waals surface area contributed by atoms with Crippen LogP contribution in [0.25, 0.3) is 0 Å². The molecule has 4 rings (SSSR count). The van der Waals surface area contributed by atoms with Crippen molar-refractivity contribution in [2.75, 3.05) is 26.2 Å². The highest BCUT2D eigenvalue weighted by molar-refractivity contribution is 5.96. The number of hydrogen-bond donors (Lipinski definition) is 0. The lowest BCUT2D eigenvalue weighted by Crippen LogP contribution is -2.42. The van der Waals surface area contributed by atoms with Gasteiger partial charge >= 0.3 is 0 Å². The van der Waals surface area contributed by atoms with E-state index in [1.807, 2.05) is 6.07 Å². The Morgan fingerprint density at radius 1 is 1.04 bits per heavy atom. The predicted molar refractivity (Wildman–Crippen MR) is 109 cm³/mol. The fourth-order valence-corrected chi connectivity index (χ4v) is 4.74. The topological polar surface area (TPSA) is 28.5 Å². The maximum absolute atomic E-state index is 13.4. The maximum Gasteiger partial charge on any atom is 0.255 e. The summed E-state index contributed by atoms with van der Waals surface area (Å²) in [5.74, 6) is 0.226. The monoisotopic (exact) mass is 365 g/mol. The molecule has 0 saturated carbocycles. The molecule has 0 N–H and O–H groups in total. The van der Waals surface area contributed by atoms with Crippen LogP contribution in [0.15, 0.2) is 36.4 Å². The second-order valence-electron chi connectivity index (χ2n) is 8.16. The average molecular weight is 366 g/mol. The second-order valence-corrected chi connectivity index (χ2v) is 8.16. The Hall–Kier alpha value is -2.07. The van der Waals surface area contributed by atoms with Crippen LogP contribution in [0.4, 0.5) is 0 Å². The third kappa shape index (κ3) is 3.81. The molecule has 3 heterocycles. The van der Waals surface area contributed by atoms with Gasteiger partial charge in [0.05, 0.1) is 5.56 Å². The van der Waals surface area contributed by atoms with E-state index in [-0.39, 0.29) is 5.91 Å². The number of aryl methyl sites for hydroxylation is 1. The third-order valence-corrected chi connectivity index (χ3v) is 6.29. The van der Waals surface area contributed by atoms with Crippen molar-refractivity contribution in [2.45, 2.75) is 52.1 Å². The van der Waals surface area contributed by atoms with Crippen LogP contribution in [0.5, 0.6) is 0 Å². The molecule has 1 aromatic heterocycles. The Morgan fingerprint density at radius 2 is 1.78 bits per heavy atom. The maximum atomic E-state index is 13.4. The molecule has 2 saturated heterocycles. The highest BCUT2D eigenvalue weighted by Crippen LogP contribution is 2.25. The van der Waals surface area contributed by atoms with Crippen molar-refractivity contribution in [1.82, 2.24) is 14.4 Å². The summed E-state index contributed by atoms with van der Waals surface area (Å²) in [6.07, 6.45) is 4.89. The summed E-state index contributed by atoms with van der Waals surface area (Å²) in [6, 6.07) is 13.0. The number of amides is 1. The van der Waals surface area contributed by atoms with Crippen LogP contribution >= 0.6 is 0 Å². The van der Waals surface area contributed by atoms with Gasteiger partial charge in [0.25, 0.3) is 5.91 Å². The highest BCUT2D eigenvalue weighted by atomic mass is 16.2. The molecule has 1 amide bonds. The normalized spacial score (nSPS) is 20.5. The molecule has 2 aliphatic rings. The van der Waals surface area contributed by atoms with Crippen molar-refractivity contribution in [2.24, 2.45) is 0 Å². The van der Waals surface area contributed by atoms with Crippen LogP contribution in [0, 0.1) is 13.8 Å². The van der Waals surface area contributed by atoms with Crippen LogP contribution in [-0.2, 0) is 6.54 Å². The third-order valence-electron chi connectivity index (χ3n) is 6.29. The van der Waals surface area contributed by atoms with Crippen molar-refractivity contribution in [3.8, 4) is 0 Å². The van der Waals surface area contributed by atoms with E-state index in [0.29, 0.717) is 6.04 Å². The van der Waals surface area contributed by atoms with E-state index in [4.69, 9.17) is 0 Å². The average Bonchev–Trinajstić information content (AvgIpc) is 3.41. The number of likely N-dealkylation sites (tertiary alicyclic amines) is 2. The number of carbonyl (C=O) groups excluding carboxylic acids is 1. The first-order valence-corrected chi connectivity index (χ1v) is 10.4. The van der Waals surface area contributed by atoms with Crippen LogP contribution < -0.4 is 0 Å². The molecule has 1 unspecified atom stereocenters. The molecule has 2 fully saturated rings. The van der Waals surface area contributed by atoms with E-state index in [9.17, 15) is 4.79 Å². The van der Waals surface area contributed by atoms with Crippen molar-refractivity contribution < 1.29 is 4.79 Å². The van der Waals surface area contributed by atoms with Gasteiger partial charge in [0.1, 0.15) is 0 Å². The summed E-state index contributed by atoms with van der Waals surface area (Å²) >= 11 is 0. The van der Waals surface area contributed by atoms with Gasteiger partial charge in [-0.15, -0.1) is 0 Å². The van der Waals surface area contributed by atoms with Gasteiger partial charge in [-0.3, -0.25) is 4.79 Å². The summed E-state index contributed by atoms with van der Waals surface area (Å²) in [5, 5.41) is 0. The Labute approximate surface area is 162 Å². The zero-order valence-electron chi connectivity index (χ0n) is 16.7. The lowest BCUT2D eigenvalue weighted by atomic mass is 10.1. The standard InChI is InChI=1S/C23H31N3O/c1-18-15-22(19(2)26(18)16-20-9-4-3-5-10-20)23(27)25-14-8-11-21(25)17-24-12-6-7-13-24/h3-5,9-10,15,21H,6-8,11-14,16-17H2,1-2H3. The van der Waals surface area contributed by atoms with Gasteiger partial charge in [-0.25, -0.2) is 0 Å². The fourth-order valence-electron chi connectivity index (χ4n) is 4.74. The Kier molecular flexibility index (Phi) is 5.35. The smallest absolute Gasteiger partial charge is 0.255 e. The Bertz CT molecular complexity index is 789. The van der Waals surface area contributed by atoms with Gasteiger partial charge in [-0.1, -0.05) is 30.3 Å². The minimum atomic E-state index is 0.226. The predicted octanol–water partition coefficient (Wildman–Crippen LogP) is 3.85. The molecular formula is C23H31N3O. The molecule has 1 atom stereocenters. The van der Waals surface area contributed by atoms with Crippen LogP contribution in [0.1, 0.15) is 53.0 Å². The van der Waals surface area contributed by atoms with Crippen LogP contribution in [0.3, 0.4) is 0 Å². The molecule has 4 heteroatoms. The lowest BCUT2D eigenvalue weighted by Gasteiger charge is -2.28. The highest BCUT2D eigenvalue weighted by Gasteiger charge is 2.32. The van der Waals surface area contributed by atoms with Gasteiger partial charge in [0, 0.05) is 37.1 Å². The van der Waals surface area contributed by atoms with Gasteiger partial charge < -0.3 is 14.4 Å². The van der Waals surface area contributed by atoms with E-state index in [2.05, 4.69) is 58.5 Å². The van der Waals surface area contributed by atoms with Gasteiger partial charge in [-0.05, 0) is 64.3 Å². The van der Waals surface area contributed by atoms with Gasteiger partial charge in [0.15, 0.2) is 0 Å². The first kappa shape index (κ1) is 18.3. The first-order valence-electron chi connectivity index (χ1n) is 10.4. The van der Waals surface area contributed by atoms with Gasteiger partial charge in [-0.2, -0.15) is 0 Å². The van der Waals surface area contributed by atoms with Crippen molar-refractivity contribution in [3.05, 3.63) is 58.9 Å². The van der Waals surface area contributed by atoms with E-state index in [0.717, 1.165) is 49.4 Å². The molecule has 2 aromatic rings. The van der Waals surface area contributed by atoms with Crippen molar-refractivity contribution in [3.63, 3.8) is 0 Å². The molecule has 144 valence electrons. The van der Waals surface area contributed by atoms with Crippen LogP contribution in [0.2, 0.25) is 0 Å². The first-order chi connectivity index (χ1) is 13.1. The molecule has 2 aliphatic heterocycles. The summed E-state index contributed by atoms with van der Waals surface area (Å²) in [6.45, 7) is 9.37. The number of aromatic nitrogens is 1. The molecule has 0 spiro atoms. The van der Waals surface area contributed by atoms with E-state index in [1.54, 1.807) is 0 Å². The second kappa shape index (κ2) is 7.89. The fraction of sp³-hybridized carbons (Fsp3) is 0.522. The van der Waals surface area contributed by atoms with E-state index < -0.39 is 0 Å².